The number of hydrogen-bond donors (Lipinski definition) is 1. The van der Waals surface area contributed by atoms with Gasteiger partial charge in [-0.3, -0.25) is 9.59 Å². The summed E-state index contributed by atoms with van der Waals surface area (Å²) in [5.41, 5.74) is 0.968. The summed E-state index contributed by atoms with van der Waals surface area (Å²) < 4.78 is 4.83. The number of ether oxygens (including phenoxy) is 1. The molecule has 0 bridgehead atoms. The second-order valence-electron chi connectivity index (χ2n) is 4.61. The number of esters is 1. The Kier molecular flexibility index (Phi) is 6.43. The average Bonchev–Trinajstić information content (AvgIpc) is 2.41. The molecule has 1 atom stereocenters. The molecule has 0 fully saturated rings. The predicted octanol–water partition coefficient (Wildman–Crippen LogP) is 1.46. The monoisotopic (exact) mass is 277 g/mol. The van der Waals surface area contributed by atoms with Crippen molar-refractivity contribution in [3.05, 3.63) is 35.9 Å². The summed E-state index contributed by atoms with van der Waals surface area (Å²) >= 11 is 0. The van der Waals surface area contributed by atoms with Crippen molar-refractivity contribution in [2.75, 3.05) is 6.61 Å². The number of hydrogen-bond acceptors (Lipinski definition) is 4. The van der Waals surface area contributed by atoms with Crippen molar-refractivity contribution in [1.82, 2.24) is 5.32 Å². The zero-order valence-corrected chi connectivity index (χ0v) is 11.7. The van der Waals surface area contributed by atoms with Gasteiger partial charge >= 0.3 is 5.97 Å². The Morgan fingerprint density at radius 3 is 2.35 bits per heavy atom. The molecule has 5 nitrogen and oxygen atoms in total. The van der Waals surface area contributed by atoms with Gasteiger partial charge in [0.25, 0.3) is 0 Å². The number of rotatable bonds is 7. The van der Waals surface area contributed by atoms with Gasteiger partial charge in [0, 0.05) is 19.9 Å². The van der Waals surface area contributed by atoms with E-state index >= 15 is 0 Å². The summed E-state index contributed by atoms with van der Waals surface area (Å²) in [5, 5.41) is 2.75. The number of amides is 1. The van der Waals surface area contributed by atoms with E-state index in [4.69, 9.17) is 4.74 Å². The molecule has 1 aromatic carbocycles. The molecule has 1 aromatic rings. The molecule has 0 unspecified atom stereocenters. The van der Waals surface area contributed by atoms with Crippen LogP contribution in [0.1, 0.15) is 25.8 Å². The van der Waals surface area contributed by atoms with Crippen LogP contribution in [0.25, 0.3) is 0 Å². The highest BCUT2D eigenvalue weighted by Crippen LogP contribution is 2.07. The van der Waals surface area contributed by atoms with E-state index in [9.17, 15) is 14.4 Å². The van der Waals surface area contributed by atoms with Crippen LogP contribution >= 0.6 is 0 Å². The Balaban J connectivity index is 2.53. The fourth-order valence-corrected chi connectivity index (χ4v) is 1.72. The fraction of sp³-hybridized carbons (Fsp3) is 0.400. The van der Waals surface area contributed by atoms with Crippen LogP contribution in [0.2, 0.25) is 0 Å². The molecule has 20 heavy (non-hydrogen) atoms. The third kappa shape index (κ3) is 6.13. The van der Waals surface area contributed by atoms with Crippen LogP contribution < -0.4 is 5.32 Å². The first-order chi connectivity index (χ1) is 9.49. The van der Waals surface area contributed by atoms with Gasteiger partial charge in [-0.1, -0.05) is 30.3 Å². The standard InChI is InChI=1S/C15H19NO4/c1-11(17)8-14(10-20-12(2)18)15(19)16-9-13-6-4-3-5-7-13/h3-7,14H,8-10H2,1-2H3,(H,16,19)/t14-/m1/s1. The van der Waals surface area contributed by atoms with E-state index in [2.05, 4.69) is 5.32 Å². The van der Waals surface area contributed by atoms with Gasteiger partial charge in [0.1, 0.15) is 12.4 Å². The number of Topliss-reactive ketones (excluding diaryl/α,β-unsaturated/α-hetero) is 1. The maximum absolute atomic E-state index is 12.0. The summed E-state index contributed by atoms with van der Waals surface area (Å²) in [4.78, 5) is 34.0. The molecule has 0 heterocycles. The first-order valence-electron chi connectivity index (χ1n) is 6.43. The summed E-state index contributed by atoms with van der Waals surface area (Å²) in [6.07, 6.45) is 0.0634. The molecule has 0 saturated carbocycles. The summed E-state index contributed by atoms with van der Waals surface area (Å²) in [6.45, 7) is 2.99. The maximum Gasteiger partial charge on any atom is 0.302 e. The van der Waals surface area contributed by atoms with Crippen LogP contribution in [0.3, 0.4) is 0 Å². The summed E-state index contributed by atoms with van der Waals surface area (Å²) in [7, 11) is 0. The lowest BCUT2D eigenvalue weighted by molar-refractivity contribution is -0.145. The minimum atomic E-state index is -0.639. The average molecular weight is 277 g/mol. The Morgan fingerprint density at radius 2 is 1.80 bits per heavy atom. The third-order valence-electron chi connectivity index (χ3n) is 2.70. The van der Waals surface area contributed by atoms with Crippen molar-refractivity contribution in [2.45, 2.75) is 26.8 Å². The van der Waals surface area contributed by atoms with E-state index in [-0.39, 0.29) is 24.7 Å². The lowest BCUT2D eigenvalue weighted by Gasteiger charge is -2.15. The van der Waals surface area contributed by atoms with Crippen LogP contribution in [-0.2, 0) is 25.7 Å². The number of ketones is 1. The van der Waals surface area contributed by atoms with Crippen LogP contribution in [-0.4, -0.2) is 24.3 Å². The van der Waals surface area contributed by atoms with E-state index in [0.29, 0.717) is 6.54 Å². The molecule has 0 aromatic heterocycles. The van der Waals surface area contributed by atoms with Gasteiger partial charge in [-0.05, 0) is 12.5 Å². The summed E-state index contributed by atoms with van der Waals surface area (Å²) in [5.74, 6) is -1.50. The fourth-order valence-electron chi connectivity index (χ4n) is 1.72. The van der Waals surface area contributed by atoms with Crippen molar-refractivity contribution in [3.63, 3.8) is 0 Å². The van der Waals surface area contributed by atoms with Crippen molar-refractivity contribution >= 4 is 17.7 Å². The predicted molar refractivity (Wildman–Crippen MR) is 73.7 cm³/mol. The molecule has 1 amide bonds. The third-order valence-corrected chi connectivity index (χ3v) is 2.70. The molecule has 0 saturated heterocycles. The molecule has 0 aliphatic carbocycles. The molecule has 0 aliphatic rings. The SMILES string of the molecule is CC(=O)C[C@H](COC(C)=O)C(=O)NCc1ccccc1. The van der Waals surface area contributed by atoms with Crippen LogP contribution in [0.5, 0.6) is 0 Å². The second-order valence-corrected chi connectivity index (χ2v) is 4.61. The number of nitrogens with one attached hydrogen (secondary N) is 1. The smallest absolute Gasteiger partial charge is 0.302 e. The second kappa shape index (κ2) is 8.09. The first-order valence-corrected chi connectivity index (χ1v) is 6.43. The van der Waals surface area contributed by atoms with Crippen molar-refractivity contribution in [2.24, 2.45) is 5.92 Å². The minimum absolute atomic E-state index is 0.0634. The van der Waals surface area contributed by atoms with Gasteiger partial charge in [-0.25, -0.2) is 0 Å². The molecule has 1 rings (SSSR count). The van der Waals surface area contributed by atoms with E-state index in [1.807, 2.05) is 30.3 Å². The van der Waals surface area contributed by atoms with E-state index in [1.54, 1.807) is 0 Å². The molecule has 0 radical (unpaired) electrons. The van der Waals surface area contributed by atoms with Crippen LogP contribution in [0.15, 0.2) is 30.3 Å². The number of benzene rings is 1. The zero-order chi connectivity index (χ0) is 15.0. The van der Waals surface area contributed by atoms with Gasteiger partial charge in [0.2, 0.25) is 5.91 Å². The largest absolute Gasteiger partial charge is 0.465 e. The van der Waals surface area contributed by atoms with E-state index in [1.165, 1.54) is 13.8 Å². The molecule has 0 aliphatic heterocycles. The molecular weight excluding hydrogens is 258 g/mol. The van der Waals surface area contributed by atoms with Gasteiger partial charge in [0.05, 0.1) is 5.92 Å². The zero-order valence-electron chi connectivity index (χ0n) is 11.7. The highest BCUT2D eigenvalue weighted by molar-refractivity contribution is 5.86. The first kappa shape index (κ1) is 15.9. The van der Waals surface area contributed by atoms with Crippen LogP contribution in [0, 0.1) is 5.92 Å². The van der Waals surface area contributed by atoms with Gasteiger partial charge in [-0.15, -0.1) is 0 Å². The number of carbonyl (C=O) groups excluding carboxylic acids is 3. The molecule has 5 heteroatoms. The molecule has 108 valence electrons. The highest BCUT2D eigenvalue weighted by atomic mass is 16.5. The van der Waals surface area contributed by atoms with Crippen molar-refractivity contribution in [3.8, 4) is 0 Å². The quantitative estimate of drug-likeness (QED) is 0.766. The topological polar surface area (TPSA) is 72.5 Å². The normalized spacial score (nSPS) is 11.5. The minimum Gasteiger partial charge on any atom is -0.465 e. The Morgan fingerprint density at radius 1 is 1.15 bits per heavy atom. The molecular formula is C15H19NO4. The van der Waals surface area contributed by atoms with Crippen molar-refractivity contribution in [1.29, 1.82) is 0 Å². The molecule has 1 N–H and O–H groups in total. The van der Waals surface area contributed by atoms with Gasteiger partial charge in [-0.2, -0.15) is 0 Å². The Bertz CT molecular complexity index is 470. The van der Waals surface area contributed by atoms with E-state index in [0.717, 1.165) is 5.56 Å². The van der Waals surface area contributed by atoms with Gasteiger partial charge < -0.3 is 14.8 Å². The maximum atomic E-state index is 12.0. The Hall–Kier alpha value is -2.17. The van der Waals surface area contributed by atoms with Crippen molar-refractivity contribution < 1.29 is 19.1 Å². The summed E-state index contributed by atoms with van der Waals surface area (Å²) in [6, 6.07) is 9.45. The lowest BCUT2D eigenvalue weighted by Crippen LogP contribution is -2.34. The molecule has 0 spiro atoms. The van der Waals surface area contributed by atoms with E-state index < -0.39 is 11.9 Å². The van der Waals surface area contributed by atoms with Gasteiger partial charge in [0.15, 0.2) is 0 Å². The highest BCUT2D eigenvalue weighted by Gasteiger charge is 2.21. The van der Waals surface area contributed by atoms with Crippen LogP contribution in [0.4, 0.5) is 0 Å². The number of carbonyl (C=O) groups is 3. The Labute approximate surface area is 118 Å². The lowest BCUT2D eigenvalue weighted by atomic mass is 10.0.